The topological polar surface area (TPSA) is 0 Å². The molecule has 0 nitrogen and oxygen atoms in total. The lowest BCUT2D eigenvalue weighted by Crippen LogP contribution is -3.00. The van der Waals surface area contributed by atoms with E-state index in [2.05, 4.69) is 84.9 Å². The summed E-state index contributed by atoms with van der Waals surface area (Å²) in [6.45, 7) is -0.406. The first-order chi connectivity index (χ1) is 13.9. The molecule has 0 heterocycles. The van der Waals surface area contributed by atoms with Gasteiger partial charge in [0.2, 0.25) is 0 Å². The molecule has 4 aromatic carbocycles. The summed E-state index contributed by atoms with van der Waals surface area (Å²) >= 11 is 0. The molecule has 0 N–H and O–H groups in total. The molecule has 0 saturated carbocycles. The van der Waals surface area contributed by atoms with Crippen LogP contribution in [0.4, 0.5) is 4.39 Å². The van der Waals surface area contributed by atoms with Gasteiger partial charge in [0, 0.05) is 0 Å². The van der Waals surface area contributed by atoms with Crippen molar-refractivity contribution in [1.82, 2.24) is 0 Å². The highest BCUT2D eigenvalue weighted by Gasteiger charge is 2.53. The minimum atomic E-state index is -2.26. The minimum Gasteiger partial charge on any atom is -1.00 e. The summed E-state index contributed by atoms with van der Waals surface area (Å²) < 4.78 is 14.9. The third-order valence-electron chi connectivity index (χ3n) is 5.29. The van der Waals surface area contributed by atoms with Crippen LogP contribution in [0.15, 0.2) is 121 Å². The zero-order valence-corrected chi connectivity index (χ0v) is 18.5. The minimum absolute atomic E-state index is 0. The Morgan fingerprint density at radius 1 is 0.517 bits per heavy atom. The van der Waals surface area contributed by atoms with Crippen molar-refractivity contribution in [2.24, 2.45) is 0 Å². The molecular weight excluding hydrogens is 442 g/mol. The Balaban J connectivity index is 0.00000240. The van der Waals surface area contributed by atoms with Crippen molar-refractivity contribution < 1.29 is 21.4 Å². The molecule has 1 atom stereocenters. The molecule has 0 bridgehead atoms. The molecule has 0 aromatic heterocycles. The van der Waals surface area contributed by atoms with Crippen molar-refractivity contribution >= 4 is 23.2 Å². The molecule has 0 radical (unpaired) electrons. The number of hydrogen-bond donors (Lipinski definition) is 0. The lowest BCUT2D eigenvalue weighted by Gasteiger charge is -2.33. The zero-order chi connectivity index (χ0) is 19.2. The summed E-state index contributed by atoms with van der Waals surface area (Å²) in [7, 11) is -2.26. The second-order valence-corrected chi connectivity index (χ2v) is 10.4. The Kier molecular flexibility index (Phi) is 7.36. The average Bonchev–Trinajstić information content (AvgIpc) is 2.80. The van der Waals surface area contributed by atoms with Crippen LogP contribution in [0.25, 0.3) is 0 Å². The Bertz CT molecular complexity index is 895. The lowest BCUT2D eigenvalue weighted by molar-refractivity contribution is -0.00000595. The van der Waals surface area contributed by atoms with Crippen LogP contribution in [0.5, 0.6) is 0 Å². The highest BCUT2D eigenvalue weighted by molar-refractivity contribution is 7.96. The summed E-state index contributed by atoms with van der Waals surface area (Å²) in [5, 5.41) is 3.62. The van der Waals surface area contributed by atoms with Gasteiger partial charge in [-0.1, -0.05) is 84.9 Å². The van der Waals surface area contributed by atoms with E-state index in [1.807, 2.05) is 36.4 Å². The van der Waals surface area contributed by atoms with Crippen molar-refractivity contribution in [3.8, 4) is 0 Å². The quantitative estimate of drug-likeness (QED) is 0.385. The van der Waals surface area contributed by atoms with Crippen molar-refractivity contribution in [2.45, 2.75) is 5.66 Å². The van der Waals surface area contributed by atoms with Crippen LogP contribution in [0.2, 0.25) is 0 Å². The van der Waals surface area contributed by atoms with E-state index in [9.17, 15) is 4.39 Å². The Morgan fingerprint density at radius 3 is 1.14 bits per heavy atom. The van der Waals surface area contributed by atoms with Crippen LogP contribution in [0.3, 0.4) is 0 Å². The Morgan fingerprint density at radius 2 is 0.828 bits per heavy atom. The van der Waals surface area contributed by atoms with Crippen molar-refractivity contribution in [1.29, 1.82) is 0 Å². The maximum Gasteiger partial charge on any atom is 0.137 e. The second kappa shape index (κ2) is 9.96. The predicted octanol–water partition coefficient (Wildman–Crippen LogP) is 2.70. The molecule has 0 amide bonds. The average molecular weight is 465 g/mol. The molecule has 0 saturated heterocycles. The predicted molar refractivity (Wildman–Crippen MR) is 120 cm³/mol. The summed E-state index contributed by atoms with van der Waals surface area (Å²) in [6.07, 6.45) is 0. The molecule has 29 heavy (non-hydrogen) atoms. The second-order valence-electron chi connectivity index (χ2n) is 6.81. The third-order valence-corrected chi connectivity index (χ3v) is 10.00. The van der Waals surface area contributed by atoms with Gasteiger partial charge in [-0.3, -0.25) is 0 Å². The van der Waals surface area contributed by atoms with E-state index < -0.39 is 13.9 Å². The number of alkyl halides is 1. The van der Waals surface area contributed by atoms with E-state index >= 15 is 0 Å². The molecule has 4 aromatic rings. The monoisotopic (exact) mass is 464 g/mol. The molecular formula is C26H23BrFP. The smallest absolute Gasteiger partial charge is 0.137 e. The fourth-order valence-electron chi connectivity index (χ4n) is 4.07. The number of rotatable bonds is 6. The first-order valence-electron chi connectivity index (χ1n) is 9.54. The highest BCUT2D eigenvalue weighted by atomic mass is 79.9. The first-order valence-corrected chi connectivity index (χ1v) is 11.4. The van der Waals surface area contributed by atoms with E-state index in [4.69, 9.17) is 0 Å². The van der Waals surface area contributed by atoms with Gasteiger partial charge in [-0.2, -0.15) is 0 Å². The maximum atomic E-state index is 14.9. The third kappa shape index (κ3) is 4.06. The molecule has 1 unspecified atom stereocenters. The van der Waals surface area contributed by atoms with E-state index in [-0.39, 0.29) is 22.6 Å². The molecule has 0 aliphatic carbocycles. The molecule has 0 aliphatic heterocycles. The van der Waals surface area contributed by atoms with Crippen molar-refractivity contribution in [2.75, 3.05) is 6.67 Å². The van der Waals surface area contributed by atoms with Crippen LogP contribution < -0.4 is 32.9 Å². The van der Waals surface area contributed by atoms with Gasteiger partial charge in [-0.05, 0) is 42.0 Å². The van der Waals surface area contributed by atoms with Crippen LogP contribution in [0, 0.1) is 0 Å². The normalized spacial score (nSPS) is 12.0. The molecule has 146 valence electrons. The van der Waals surface area contributed by atoms with Gasteiger partial charge in [0.25, 0.3) is 0 Å². The zero-order valence-electron chi connectivity index (χ0n) is 16.0. The molecule has 0 aliphatic rings. The summed E-state index contributed by atoms with van der Waals surface area (Å²) in [4.78, 5) is 0. The van der Waals surface area contributed by atoms with E-state index in [1.165, 1.54) is 15.9 Å². The maximum absolute atomic E-state index is 14.9. The number of halogens is 2. The van der Waals surface area contributed by atoms with Crippen LogP contribution in [0.1, 0.15) is 11.2 Å². The fraction of sp³-hybridized carbons (Fsp3) is 0.0769. The van der Waals surface area contributed by atoms with Gasteiger partial charge >= 0.3 is 0 Å². The van der Waals surface area contributed by atoms with Gasteiger partial charge in [0.15, 0.2) is 0 Å². The first kappa shape index (κ1) is 21.4. The standard InChI is InChI=1S/C26H23FP.BrH/c27-21-26(22-13-5-1-6-14-22)28(23-15-7-2-8-16-23,24-17-9-3-10-18-24)25-19-11-4-12-20-25;/h1-20,26H,21H2;1H/q+1;/p-1. The highest BCUT2D eigenvalue weighted by Crippen LogP contribution is 2.66. The van der Waals surface area contributed by atoms with Crippen molar-refractivity contribution in [3.05, 3.63) is 127 Å². The van der Waals surface area contributed by atoms with E-state index in [0.29, 0.717) is 0 Å². The molecule has 4 rings (SSSR count). The van der Waals surface area contributed by atoms with E-state index in [1.54, 1.807) is 0 Å². The van der Waals surface area contributed by atoms with Crippen LogP contribution in [-0.4, -0.2) is 6.67 Å². The van der Waals surface area contributed by atoms with Crippen LogP contribution in [-0.2, 0) is 0 Å². The Hall–Kier alpha value is -2.28. The van der Waals surface area contributed by atoms with Gasteiger partial charge in [-0.15, -0.1) is 0 Å². The molecule has 0 fully saturated rings. The van der Waals surface area contributed by atoms with Gasteiger partial charge < -0.3 is 17.0 Å². The largest absolute Gasteiger partial charge is 1.00 e. The van der Waals surface area contributed by atoms with Crippen LogP contribution >= 0.6 is 7.26 Å². The fourth-order valence-corrected chi connectivity index (χ4v) is 8.80. The van der Waals surface area contributed by atoms with Gasteiger partial charge in [0.1, 0.15) is 35.5 Å². The van der Waals surface area contributed by atoms with Crippen molar-refractivity contribution in [3.63, 3.8) is 0 Å². The van der Waals surface area contributed by atoms with Gasteiger partial charge in [0.05, 0.1) is 0 Å². The van der Waals surface area contributed by atoms with E-state index in [0.717, 1.165) is 5.56 Å². The lowest BCUT2D eigenvalue weighted by atomic mass is 10.2. The Labute approximate surface area is 183 Å². The molecule has 3 heteroatoms. The summed E-state index contributed by atoms with van der Waals surface area (Å²) in [5.41, 5.74) is 0.816. The summed E-state index contributed by atoms with van der Waals surface area (Å²) in [5.74, 6) is 0. The number of benzene rings is 4. The number of hydrogen-bond acceptors (Lipinski definition) is 0. The summed E-state index contributed by atoms with van der Waals surface area (Å²) in [6, 6.07) is 41.6. The van der Waals surface area contributed by atoms with Gasteiger partial charge in [-0.25, -0.2) is 4.39 Å². The SMILES string of the molecule is FCC(c1ccccc1)[P+](c1ccccc1)(c1ccccc1)c1ccccc1.[Br-]. The molecule has 0 spiro atoms.